The Labute approximate surface area is 99.3 Å². The van der Waals surface area contributed by atoms with Gasteiger partial charge in [-0.25, -0.2) is 0 Å². The van der Waals surface area contributed by atoms with E-state index in [-0.39, 0.29) is 0 Å². The highest BCUT2D eigenvalue weighted by Crippen LogP contribution is 2.12. The predicted molar refractivity (Wildman–Crippen MR) is 62.6 cm³/mol. The molecule has 0 aliphatic carbocycles. The minimum absolute atomic E-state index is 0.410. The average molecular weight is 237 g/mol. The lowest BCUT2D eigenvalue weighted by molar-refractivity contribution is 0.638. The van der Waals surface area contributed by atoms with Crippen molar-refractivity contribution in [1.29, 1.82) is 0 Å². The van der Waals surface area contributed by atoms with E-state index in [2.05, 4.69) is 29.1 Å². The highest BCUT2D eigenvalue weighted by molar-refractivity contribution is 6.29. The Hall–Kier alpha value is -1.42. The van der Waals surface area contributed by atoms with Crippen LogP contribution in [0.5, 0.6) is 0 Å². The van der Waals surface area contributed by atoms with Crippen molar-refractivity contribution in [3.8, 4) is 0 Å². The van der Waals surface area contributed by atoms with Crippen LogP contribution in [-0.2, 0) is 6.54 Å². The van der Waals surface area contributed by atoms with Gasteiger partial charge in [-0.3, -0.25) is 4.68 Å². The molecule has 4 nitrogen and oxygen atoms in total. The monoisotopic (exact) mass is 236 g/mol. The van der Waals surface area contributed by atoms with Crippen LogP contribution in [0, 0.1) is 20.8 Å². The lowest BCUT2D eigenvalue weighted by Gasteiger charge is -2.03. The first-order chi connectivity index (χ1) is 7.58. The molecule has 0 spiro atoms. The third-order valence-corrected chi connectivity index (χ3v) is 2.94. The Morgan fingerprint density at radius 1 is 1.19 bits per heavy atom. The van der Waals surface area contributed by atoms with Crippen LogP contribution in [0.1, 0.15) is 22.6 Å². The zero-order chi connectivity index (χ0) is 11.7. The molecule has 16 heavy (non-hydrogen) atoms. The summed E-state index contributed by atoms with van der Waals surface area (Å²) in [5.41, 5.74) is 4.30. The molecule has 0 fully saturated rings. The predicted octanol–water partition coefficient (Wildman–Crippen LogP) is 2.30. The zero-order valence-corrected chi connectivity index (χ0v) is 10.3. The zero-order valence-electron chi connectivity index (χ0n) is 9.53. The van der Waals surface area contributed by atoms with E-state index in [1.165, 1.54) is 5.56 Å². The molecule has 0 saturated carbocycles. The summed E-state index contributed by atoms with van der Waals surface area (Å²) in [5, 5.41) is 12.7. The van der Waals surface area contributed by atoms with E-state index in [1.54, 1.807) is 6.07 Å². The molecular formula is C11H13ClN4. The molecule has 5 heteroatoms. The second-order valence-corrected chi connectivity index (χ2v) is 4.19. The molecule has 0 saturated heterocycles. The largest absolute Gasteiger partial charge is 0.263 e. The fraction of sp³-hybridized carbons (Fsp3) is 0.364. The van der Waals surface area contributed by atoms with Gasteiger partial charge in [0.25, 0.3) is 0 Å². The van der Waals surface area contributed by atoms with E-state index in [9.17, 15) is 0 Å². The van der Waals surface area contributed by atoms with Crippen molar-refractivity contribution in [1.82, 2.24) is 20.0 Å². The van der Waals surface area contributed by atoms with Crippen molar-refractivity contribution in [3.63, 3.8) is 0 Å². The van der Waals surface area contributed by atoms with Crippen molar-refractivity contribution < 1.29 is 0 Å². The summed E-state index contributed by atoms with van der Waals surface area (Å²) in [7, 11) is 0. The van der Waals surface area contributed by atoms with Crippen molar-refractivity contribution in [2.75, 3.05) is 0 Å². The highest BCUT2D eigenvalue weighted by atomic mass is 35.5. The number of halogens is 1. The third kappa shape index (κ3) is 2.07. The van der Waals surface area contributed by atoms with E-state index < -0.39 is 0 Å². The molecule has 84 valence electrons. The van der Waals surface area contributed by atoms with Gasteiger partial charge in [-0.05, 0) is 38.5 Å². The first kappa shape index (κ1) is 11.1. The van der Waals surface area contributed by atoms with Gasteiger partial charge in [0.05, 0.1) is 17.9 Å². The van der Waals surface area contributed by atoms with E-state index >= 15 is 0 Å². The van der Waals surface area contributed by atoms with Crippen LogP contribution in [0.25, 0.3) is 0 Å². The maximum absolute atomic E-state index is 5.68. The second kappa shape index (κ2) is 4.22. The topological polar surface area (TPSA) is 43.6 Å². The average Bonchev–Trinajstić information content (AvgIpc) is 2.50. The molecule has 0 aromatic carbocycles. The minimum Gasteiger partial charge on any atom is -0.263 e. The Balaban J connectivity index is 2.27. The van der Waals surface area contributed by atoms with Gasteiger partial charge in [-0.2, -0.15) is 10.2 Å². The van der Waals surface area contributed by atoms with Gasteiger partial charge in [0.15, 0.2) is 5.15 Å². The lowest BCUT2D eigenvalue weighted by Crippen LogP contribution is -2.06. The molecule has 2 rings (SSSR count). The SMILES string of the molecule is Cc1nn(Cc2ccc(Cl)nn2)c(C)c1C. The van der Waals surface area contributed by atoms with Crippen molar-refractivity contribution in [2.45, 2.75) is 27.3 Å². The number of nitrogens with zero attached hydrogens (tertiary/aromatic N) is 4. The molecule has 0 atom stereocenters. The van der Waals surface area contributed by atoms with Crippen LogP contribution >= 0.6 is 11.6 Å². The van der Waals surface area contributed by atoms with Gasteiger partial charge in [0.2, 0.25) is 0 Å². The van der Waals surface area contributed by atoms with Crippen LogP contribution in [0.15, 0.2) is 12.1 Å². The van der Waals surface area contributed by atoms with Crippen LogP contribution < -0.4 is 0 Å². The third-order valence-electron chi connectivity index (χ3n) is 2.74. The maximum atomic E-state index is 5.68. The number of aryl methyl sites for hydroxylation is 1. The molecule has 2 aromatic rings. The molecule has 2 aromatic heterocycles. The summed E-state index contributed by atoms with van der Waals surface area (Å²) < 4.78 is 1.93. The number of hydrogen-bond acceptors (Lipinski definition) is 3. The fourth-order valence-electron chi connectivity index (χ4n) is 1.52. The van der Waals surface area contributed by atoms with E-state index in [4.69, 9.17) is 11.6 Å². The summed E-state index contributed by atoms with van der Waals surface area (Å²) in [6.07, 6.45) is 0. The maximum Gasteiger partial charge on any atom is 0.151 e. The van der Waals surface area contributed by atoms with Gasteiger partial charge < -0.3 is 0 Å². The van der Waals surface area contributed by atoms with Crippen molar-refractivity contribution >= 4 is 11.6 Å². The Morgan fingerprint density at radius 2 is 1.94 bits per heavy atom. The molecule has 0 aliphatic heterocycles. The van der Waals surface area contributed by atoms with Gasteiger partial charge in [0.1, 0.15) is 0 Å². The van der Waals surface area contributed by atoms with Crippen molar-refractivity contribution in [2.24, 2.45) is 0 Å². The summed E-state index contributed by atoms with van der Waals surface area (Å²) in [6.45, 7) is 6.76. The molecule has 0 bridgehead atoms. The molecule has 0 radical (unpaired) electrons. The van der Waals surface area contributed by atoms with E-state index in [0.717, 1.165) is 17.1 Å². The molecule has 0 aliphatic rings. The number of rotatable bonds is 2. The molecular weight excluding hydrogens is 224 g/mol. The van der Waals surface area contributed by atoms with Gasteiger partial charge in [-0.15, -0.1) is 5.10 Å². The minimum atomic E-state index is 0.410. The van der Waals surface area contributed by atoms with Crippen molar-refractivity contribution in [3.05, 3.63) is 39.9 Å². The summed E-state index contributed by atoms with van der Waals surface area (Å²) in [4.78, 5) is 0. The fourth-order valence-corrected chi connectivity index (χ4v) is 1.62. The molecule has 0 unspecified atom stereocenters. The van der Waals surface area contributed by atoms with E-state index in [0.29, 0.717) is 11.7 Å². The number of hydrogen-bond donors (Lipinski definition) is 0. The van der Waals surface area contributed by atoms with Crippen LogP contribution in [-0.4, -0.2) is 20.0 Å². The quantitative estimate of drug-likeness (QED) is 0.804. The summed E-state index contributed by atoms with van der Waals surface area (Å²) >= 11 is 5.68. The molecule has 0 N–H and O–H groups in total. The normalized spacial score (nSPS) is 10.8. The van der Waals surface area contributed by atoms with Crippen LogP contribution in [0.2, 0.25) is 5.15 Å². The number of aromatic nitrogens is 4. The standard InChI is InChI=1S/C11H13ClN4/c1-7-8(2)15-16(9(7)3)6-10-4-5-11(12)14-13-10/h4-5H,6H2,1-3H3. The highest BCUT2D eigenvalue weighted by Gasteiger charge is 2.08. The summed E-state index contributed by atoms with van der Waals surface area (Å²) in [6, 6.07) is 3.60. The first-order valence-corrected chi connectivity index (χ1v) is 5.44. The summed E-state index contributed by atoms with van der Waals surface area (Å²) in [5.74, 6) is 0. The second-order valence-electron chi connectivity index (χ2n) is 3.80. The Kier molecular flexibility index (Phi) is 2.92. The first-order valence-electron chi connectivity index (χ1n) is 5.06. The molecule has 0 amide bonds. The smallest absolute Gasteiger partial charge is 0.151 e. The van der Waals surface area contributed by atoms with Gasteiger partial charge in [-0.1, -0.05) is 11.6 Å². The Morgan fingerprint density at radius 3 is 2.44 bits per heavy atom. The van der Waals surface area contributed by atoms with Crippen LogP contribution in [0.4, 0.5) is 0 Å². The van der Waals surface area contributed by atoms with Crippen LogP contribution in [0.3, 0.4) is 0 Å². The van der Waals surface area contributed by atoms with Gasteiger partial charge >= 0.3 is 0 Å². The lowest BCUT2D eigenvalue weighted by atomic mass is 10.2. The Bertz CT molecular complexity index is 501. The molecule has 2 heterocycles. The van der Waals surface area contributed by atoms with E-state index in [1.807, 2.05) is 17.7 Å². The van der Waals surface area contributed by atoms with Gasteiger partial charge in [0, 0.05) is 5.69 Å².